The minimum absolute atomic E-state index is 0.612. The van der Waals surface area contributed by atoms with Gasteiger partial charge in [0.25, 0.3) is 0 Å². The summed E-state index contributed by atoms with van der Waals surface area (Å²) in [6, 6.07) is 8.90. The molecule has 0 saturated carbocycles. The predicted octanol–water partition coefficient (Wildman–Crippen LogP) is 5.21. The zero-order valence-corrected chi connectivity index (χ0v) is 12.7. The van der Waals surface area contributed by atoms with Crippen molar-refractivity contribution in [1.82, 2.24) is 0 Å². The summed E-state index contributed by atoms with van der Waals surface area (Å²) in [4.78, 5) is 0. The molecule has 0 fully saturated rings. The van der Waals surface area contributed by atoms with E-state index in [1.54, 1.807) is 5.57 Å². The van der Waals surface area contributed by atoms with Gasteiger partial charge >= 0.3 is 0 Å². The fourth-order valence-electron chi connectivity index (χ4n) is 3.09. The molecule has 2 unspecified atom stereocenters. The van der Waals surface area contributed by atoms with Gasteiger partial charge in [-0.1, -0.05) is 44.6 Å². The molecule has 19 heavy (non-hydrogen) atoms. The second-order valence-electron chi connectivity index (χ2n) is 6.45. The third-order valence-corrected chi connectivity index (χ3v) is 4.06. The van der Waals surface area contributed by atoms with Gasteiger partial charge in [0, 0.05) is 12.2 Å². The standard InChI is InChI=1S/C18H27N/c1-13(2)17-5-7-18(8-6-17)19-12-16-10-14(3)9-15(4)11-16/h5-9,13-14,16,19H,10-12H2,1-4H3. The summed E-state index contributed by atoms with van der Waals surface area (Å²) < 4.78 is 0. The fraction of sp³-hybridized carbons (Fsp3) is 0.556. The average molecular weight is 257 g/mol. The van der Waals surface area contributed by atoms with Crippen LogP contribution in [0.15, 0.2) is 35.9 Å². The van der Waals surface area contributed by atoms with Gasteiger partial charge in [-0.15, -0.1) is 0 Å². The molecule has 1 heteroatoms. The zero-order valence-electron chi connectivity index (χ0n) is 12.7. The molecule has 0 bridgehead atoms. The molecular weight excluding hydrogens is 230 g/mol. The van der Waals surface area contributed by atoms with Gasteiger partial charge in [0.1, 0.15) is 0 Å². The highest BCUT2D eigenvalue weighted by Crippen LogP contribution is 2.28. The number of anilines is 1. The van der Waals surface area contributed by atoms with Crippen molar-refractivity contribution in [1.29, 1.82) is 0 Å². The molecule has 2 rings (SSSR count). The van der Waals surface area contributed by atoms with Crippen LogP contribution >= 0.6 is 0 Å². The lowest BCUT2D eigenvalue weighted by molar-refractivity contribution is 0.421. The largest absolute Gasteiger partial charge is 0.385 e. The van der Waals surface area contributed by atoms with E-state index in [9.17, 15) is 0 Å². The van der Waals surface area contributed by atoms with Gasteiger partial charge in [-0.05, 0) is 55.2 Å². The molecule has 0 saturated heterocycles. The number of allylic oxidation sites excluding steroid dienone is 2. The molecule has 1 aliphatic rings. The van der Waals surface area contributed by atoms with Crippen LogP contribution in [0.1, 0.15) is 52.0 Å². The van der Waals surface area contributed by atoms with Gasteiger partial charge in [-0.25, -0.2) is 0 Å². The summed E-state index contributed by atoms with van der Waals surface area (Å²) in [6.07, 6.45) is 4.99. The molecular formula is C18H27N. The molecule has 1 nitrogen and oxygen atoms in total. The minimum atomic E-state index is 0.612. The average Bonchev–Trinajstić information content (AvgIpc) is 2.36. The Labute approximate surface area is 118 Å². The third-order valence-electron chi connectivity index (χ3n) is 4.06. The van der Waals surface area contributed by atoms with Crippen LogP contribution in [0.4, 0.5) is 5.69 Å². The van der Waals surface area contributed by atoms with Crippen molar-refractivity contribution in [2.45, 2.75) is 46.5 Å². The molecule has 0 radical (unpaired) electrons. The van der Waals surface area contributed by atoms with Crippen LogP contribution in [0, 0.1) is 11.8 Å². The van der Waals surface area contributed by atoms with Crippen LogP contribution in [0.5, 0.6) is 0 Å². The fourth-order valence-corrected chi connectivity index (χ4v) is 3.09. The van der Waals surface area contributed by atoms with Crippen molar-refractivity contribution in [3.05, 3.63) is 41.5 Å². The van der Waals surface area contributed by atoms with Gasteiger partial charge in [-0.2, -0.15) is 0 Å². The Balaban J connectivity index is 1.87. The van der Waals surface area contributed by atoms with E-state index >= 15 is 0 Å². The van der Waals surface area contributed by atoms with Crippen LogP contribution in [0.2, 0.25) is 0 Å². The van der Waals surface area contributed by atoms with Gasteiger partial charge in [0.05, 0.1) is 0 Å². The summed E-state index contributed by atoms with van der Waals surface area (Å²) in [6.45, 7) is 10.2. The molecule has 1 aromatic rings. The molecule has 1 aromatic carbocycles. The Morgan fingerprint density at radius 3 is 2.47 bits per heavy atom. The van der Waals surface area contributed by atoms with Crippen LogP contribution in [-0.4, -0.2) is 6.54 Å². The van der Waals surface area contributed by atoms with E-state index in [0.717, 1.165) is 18.4 Å². The summed E-state index contributed by atoms with van der Waals surface area (Å²) in [7, 11) is 0. The summed E-state index contributed by atoms with van der Waals surface area (Å²) in [5, 5.41) is 3.59. The zero-order chi connectivity index (χ0) is 13.8. The highest BCUT2D eigenvalue weighted by molar-refractivity contribution is 5.45. The first-order chi connectivity index (χ1) is 9.04. The normalized spacial score (nSPS) is 23.3. The Bertz CT molecular complexity index is 428. The Hall–Kier alpha value is -1.24. The van der Waals surface area contributed by atoms with E-state index in [-0.39, 0.29) is 0 Å². The predicted molar refractivity (Wildman–Crippen MR) is 84.7 cm³/mol. The molecule has 0 heterocycles. The Kier molecular flexibility index (Phi) is 4.68. The van der Waals surface area contributed by atoms with Crippen molar-refractivity contribution < 1.29 is 0 Å². The topological polar surface area (TPSA) is 12.0 Å². The maximum Gasteiger partial charge on any atom is 0.0340 e. The number of nitrogens with one attached hydrogen (secondary N) is 1. The van der Waals surface area contributed by atoms with Gasteiger partial charge < -0.3 is 5.32 Å². The van der Waals surface area contributed by atoms with E-state index in [0.29, 0.717) is 5.92 Å². The SMILES string of the molecule is CC1=CC(C)CC(CNc2ccc(C(C)C)cc2)C1. The lowest BCUT2D eigenvalue weighted by Gasteiger charge is -2.26. The lowest BCUT2D eigenvalue weighted by atomic mass is 9.84. The smallest absolute Gasteiger partial charge is 0.0340 e. The number of benzene rings is 1. The first-order valence-electron chi connectivity index (χ1n) is 7.55. The summed E-state index contributed by atoms with van der Waals surface area (Å²) >= 11 is 0. The lowest BCUT2D eigenvalue weighted by Crippen LogP contribution is -2.20. The van der Waals surface area contributed by atoms with Crippen molar-refractivity contribution in [2.75, 3.05) is 11.9 Å². The van der Waals surface area contributed by atoms with E-state index < -0.39 is 0 Å². The summed E-state index contributed by atoms with van der Waals surface area (Å²) in [5.41, 5.74) is 4.22. The molecule has 2 atom stereocenters. The quantitative estimate of drug-likeness (QED) is 0.730. The van der Waals surface area contributed by atoms with Gasteiger partial charge in [0.15, 0.2) is 0 Å². The third kappa shape index (κ3) is 4.12. The second-order valence-corrected chi connectivity index (χ2v) is 6.45. The maximum absolute atomic E-state index is 3.59. The van der Waals surface area contributed by atoms with E-state index in [1.807, 2.05) is 0 Å². The first-order valence-corrected chi connectivity index (χ1v) is 7.55. The number of hydrogen-bond acceptors (Lipinski definition) is 1. The molecule has 0 amide bonds. The number of rotatable bonds is 4. The van der Waals surface area contributed by atoms with Crippen LogP contribution in [0.3, 0.4) is 0 Å². The van der Waals surface area contributed by atoms with E-state index in [1.165, 1.54) is 24.1 Å². The van der Waals surface area contributed by atoms with E-state index in [4.69, 9.17) is 0 Å². The van der Waals surface area contributed by atoms with Crippen LogP contribution in [-0.2, 0) is 0 Å². The molecule has 0 spiro atoms. The van der Waals surface area contributed by atoms with Gasteiger partial charge in [-0.3, -0.25) is 0 Å². The first kappa shape index (κ1) is 14.2. The van der Waals surface area contributed by atoms with Crippen molar-refractivity contribution in [3.8, 4) is 0 Å². The van der Waals surface area contributed by atoms with Crippen LogP contribution in [0.25, 0.3) is 0 Å². The molecule has 0 aliphatic heterocycles. The van der Waals surface area contributed by atoms with Crippen molar-refractivity contribution in [3.63, 3.8) is 0 Å². The van der Waals surface area contributed by atoms with Crippen molar-refractivity contribution in [2.24, 2.45) is 11.8 Å². The molecule has 1 N–H and O–H groups in total. The molecule has 104 valence electrons. The maximum atomic E-state index is 3.59. The van der Waals surface area contributed by atoms with E-state index in [2.05, 4.69) is 63.4 Å². The monoisotopic (exact) mass is 257 g/mol. The highest BCUT2D eigenvalue weighted by Gasteiger charge is 2.17. The van der Waals surface area contributed by atoms with Gasteiger partial charge in [0.2, 0.25) is 0 Å². The Morgan fingerprint density at radius 2 is 1.89 bits per heavy atom. The Morgan fingerprint density at radius 1 is 1.21 bits per heavy atom. The second kappa shape index (κ2) is 6.27. The van der Waals surface area contributed by atoms with Crippen molar-refractivity contribution >= 4 is 5.69 Å². The highest BCUT2D eigenvalue weighted by atomic mass is 14.9. The number of hydrogen-bond donors (Lipinski definition) is 1. The summed E-state index contributed by atoms with van der Waals surface area (Å²) in [5.74, 6) is 2.13. The minimum Gasteiger partial charge on any atom is -0.385 e. The molecule has 1 aliphatic carbocycles. The molecule has 0 aromatic heterocycles. The van der Waals surface area contributed by atoms with Crippen LogP contribution < -0.4 is 5.32 Å².